The van der Waals surface area contributed by atoms with Crippen molar-refractivity contribution in [3.8, 4) is 11.5 Å². The van der Waals surface area contributed by atoms with Gasteiger partial charge < -0.3 is 55.2 Å². The zero-order valence-electron chi connectivity index (χ0n) is 23.4. The number of nitrogens with one attached hydrogen (secondary N) is 2. The highest BCUT2D eigenvalue weighted by atomic mass is 35.5. The van der Waals surface area contributed by atoms with Crippen LogP contribution in [0.5, 0.6) is 11.5 Å². The van der Waals surface area contributed by atoms with Gasteiger partial charge in [0.2, 0.25) is 17.8 Å². The molecule has 41 heavy (non-hydrogen) atoms. The molecule has 1 amide bonds. The molecule has 14 nitrogen and oxygen atoms in total. The third-order valence-corrected chi connectivity index (χ3v) is 6.55. The Balaban J connectivity index is -0.000000593. The molecule has 1 aromatic heterocycles. The van der Waals surface area contributed by atoms with Crippen LogP contribution in [0, 0.1) is 0 Å². The molecule has 2 aliphatic rings. The van der Waals surface area contributed by atoms with Gasteiger partial charge in [-0.15, -0.1) is 12.4 Å². The number of nitrogens with zero attached hydrogens (tertiary/aromatic N) is 5. The van der Waals surface area contributed by atoms with E-state index in [0.717, 1.165) is 57.5 Å². The van der Waals surface area contributed by atoms with E-state index in [9.17, 15) is 15.0 Å². The van der Waals surface area contributed by atoms with Crippen LogP contribution in [0.25, 0.3) is 0 Å². The molecule has 2 saturated heterocycles. The normalized spacial score (nSPS) is 14.0. The number of rotatable bonds is 6. The van der Waals surface area contributed by atoms with Gasteiger partial charge in [0.15, 0.2) is 11.5 Å². The fourth-order valence-electron chi connectivity index (χ4n) is 4.56. The number of halogens is 1. The Morgan fingerprint density at radius 3 is 1.71 bits per heavy atom. The van der Waals surface area contributed by atoms with Crippen molar-refractivity contribution in [2.24, 2.45) is 0 Å². The largest absolute Gasteiger partial charge is 0.504 e. The first-order valence-electron chi connectivity index (χ1n) is 12.5. The number of benzene rings is 2. The minimum absolute atomic E-state index is 0. The van der Waals surface area contributed by atoms with Crippen molar-refractivity contribution in [3.63, 3.8) is 0 Å². The number of aromatic hydroxyl groups is 2. The molecule has 0 radical (unpaired) electrons. The Kier molecular flexibility index (Phi) is 15.4. The van der Waals surface area contributed by atoms with Gasteiger partial charge in [0.05, 0.1) is 5.56 Å². The minimum Gasteiger partial charge on any atom is -0.504 e. The maximum absolute atomic E-state index is 12.5. The number of carbonyl (C=O) groups is 1. The maximum atomic E-state index is 12.5. The van der Waals surface area contributed by atoms with E-state index in [1.165, 1.54) is 31.0 Å². The fourth-order valence-corrected chi connectivity index (χ4v) is 4.56. The Hall–Kier alpha value is -3.95. The van der Waals surface area contributed by atoms with Crippen LogP contribution in [0.4, 0.5) is 29.2 Å². The van der Waals surface area contributed by atoms with E-state index in [1.807, 2.05) is 12.1 Å². The summed E-state index contributed by atoms with van der Waals surface area (Å²) in [4.78, 5) is 31.2. The summed E-state index contributed by atoms with van der Waals surface area (Å²) in [6.45, 7) is 3.80. The van der Waals surface area contributed by atoms with Crippen LogP contribution in [0.1, 0.15) is 54.6 Å². The predicted octanol–water partition coefficient (Wildman–Crippen LogP) is 6.31. The van der Waals surface area contributed by atoms with Gasteiger partial charge in [-0.25, -0.2) is 0 Å². The lowest BCUT2D eigenvalue weighted by atomic mass is 10.1. The van der Waals surface area contributed by atoms with Crippen LogP contribution in [0.2, 0.25) is 0 Å². The van der Waals surface area contributed by atoms with Crippen molar-refractivity contribution in [1.29, 1.82) is 0 Å². The van der Waals surface area contributed by atoms with Gasteiger partial charge in [-0.05, 0) is 74.9 Å². The van der Waals surface area contributed by atoms with E-state index < -0.39 is 11.7 Å². The van der Waals surface area contributed by atoms with Gasteiger partial charge in [-0.1, -0.05) is 6.07 Å². The monoisotopic (exact) mass is 601 g/mol. The molecule has 0 bridgehead atoms. The van der Waals surface area contributed by atoms with E-state index in [1.54, 1.807) is 12.1 Å². The second-order valence-electron chi connectivity index (χ2n) is 9.18. The first kappa shape index (κ1) is 37.0. The molecule has 0 saturated carbocycles. The van der Waals surface area contributed by atoms with E-state index in [4.69, 9.17) is 15.0 Å². The smallest absolute Gasteiger partial charge is 0.259 e. The number of phenolic OH excluding ortho intramolecular Hbond substituents is 2. The van der Waals surface area contributed by atoms with Gasteiger partial charge >= 0.3 is 0 Å². The summed E-state index contributed by atoms with van der Waals surface area (Å²) in [5, 5.41) is 25.6. The number of piperidine rings is 2. The van der Waals surface area contributed by atoms with Crippen molar-refractivity contribution in [3.05, 3.63) is 48.0 Å². The van der Waals surface area contributed by atoms with E-state index >= 15 is 0 Å². The maximum Gasteiger partial charge on any atom is 0.259 e. The molecule has 3 aromatic rings. The fraction of sp³-hybridized carbons (Fsp3) is 0.385. The highest BCUT2D eigenvalue weighted by Gasteiger charge is 2.20. The summed E-state index contributed by atoms with van der Waals surface area (Å²) in [6.07, 6.45) is 7.03. The quantitative estimate of drug-likeness (QED) is 0.144. The highest BCUT2D eigenvalue weighted by molar-refractivity contribution is 6.06. The van der Waals surface area contributed by atoms with Crippen LogP contribution in [-0.2, 0) is 0 Å². The minimum atomic E-state index is -0.515. The molecule has 15 heteroatoms. The zero-order valence-corrected chi connectivity index (χ0v) is 24.2. The molecule has 3 heterocycles. The Labute approximate surface area is 252 Å². The summed E-state index contributed by atoms with van der Waals surface area (Å²) >= 11 is 0. The number of anilines is 5. The molecular formula is C26H52ClN11O3. The summed E-state index contributed by atoms with van der Waals surface area (Å²) in [5.74, 6) is 0.612. The van der Waals surface area contributed by atoms with Gasteiger partial charge in [0, 0.05) is 43.3 Å². The van der Waals surface area contributed by atoms with Crippen molar-refractivity contribution in [2.45, 2.75) is 38.5 Å². The van der Waals surface area contributed by atoms with Crippen LogP contribution < -0.4 is 45.0 Å². The lowest BCUT2D eigenvalue weighted by molar-refractivity contribution is 0.102. The summed E-state index contributed by atoms with van der Waals surface area (Å²) in [7, 11) is 0. The van der Waals surface area contributed by atoms with E-state index in [-0.39, 0.29) is 54.0 Å². The second kappa shape index (κ2) is 17.0. The van der Waals surface area contributed by atoms with Crippen LogP contribution in [0.15, 0.2) is 42.5 Å². The number of hydrogen-bond acceptors (Lipinski definition) is 13. The standard InChI is InChI=1S/C26H31N7O3.ClH.4H3N.4H2/c34-21-9-7-8-20(22(21)35)23(36)27-18-10-12-19(13-11-18)28-24-29-25(32-14-3-1-4-15-32)31-26(30-24)33-16-5-2-6-17-33;;;;;;;;;/h7-13,34-35H,1-6,14-17H2,(H,27,36)(H,28,29,30,31);1H;4*1H3;4*1H. The van der Waals surface area contributed by atoms with Gasteiger partial charge in [0.1, 0.15) is 0 Å². The average Bonchev–Trinajstić information content (AvgIpc) is 2.92. The third kappa shape index (κ3) is 9.03. The van der Waals surface area contributed by atoms with Gasteiger partial charge in [0.25, 0.3) is 5.91 Å². The molecule has 16 N–H and O–H groups in total. The van der Waals surface area contributed by atoms with Crippen LogP contribution in [-0.4, -0.2) is 57.3 Å². The average molecular weight is 602 g/mol. The Bertz CT molecular complexity index is 1210. The molecule has 236 valence electrons. The molecule has 0 atom stereocenters. The van der Waals surface area contributed by atoms with E-state index in [2.05, 4.69) is 20.4 Å². The molecule has 2 aromatic carbocycles. The number of para-hydroxylation sites is 1. The number of phenols is 2. The summed E-state index contributed by atoms with van der Waals surface area (Å²) in [5.41, 5.74) is 1.32. The number of carbonyl (C=O) groups excluding carboxylic acids is 1. The lowest BCUT2D eigenvalue weighted by Gasteiger charge is -2.30. The third-order valence-electron chi connectivity index (χ3n) is 6.55. The Morgan fingerprint density at radius 2 is 1.20 bits per heavy atom. The second-order valence-corrected chi connectivity index (χ2v) is 9.18. The first-order chi connectivity index (χ1) is 17.6. The summed E-state index contributed by atoms with van der Waals surface area (Å²) < 4.78 is 0. The zero-order chi connectivity index (χ0) is 24.9. The van der Waals surface area contributed by atoms with Crippen LogP contribution in [0.3, 0.4) is 0 Å². The van der Waals surface area contributed by atoms with E-state index in [0.29, 0.717) is 23.5 Å². The lowest BCUT2D eigenvalue weighted by Crippen LogP contribution is -2.34. The molecule has 2 fully saturated rings. The van der Waals surface area contributed by atoms with Crippen molar-refractivity contribution in [1.82, 2.24) is 39.6 Å². The van der Waals surface area contributed by atoms with Crippen LogP contribution >= 0.6 is 12.4 Å². The first-order valence-corrected chi connectivity index (χ1v) is 12.5. The number of hydrogen-bond donors (Lipinski definition) is 8. The van der Waals surface area contributed by atoms with Crippen molar-refractivity contribution in [2.75, 3.05) is 46.6 Å². The topological polar surface area (TPSA) is 267 Å². The highest BCUT2D eigenvalue weighted by Crippen LogP contribution is 2.29. The summed E-state index contributed by atoms with van der Waals surface area (Å²) in [6, 6.07) is 11.4. The van der Waals surface area contributed by atoms with Crippen molar-refractivity contribution < 1.29 is 20.7 Å². The molecule has 0 unspecified atom stereocenters. The molecular weight excluding hydrogens is 550 g/mol. The number of aromatic nitrogens is 3. The molecule has 2 aliphatic heterocycles. The number of amides is 1. The van der Waals surface area contributed by atoms with Gasteiger partial charge in [-0.2, -0.15) is 15.0 Å². The molecule has 0 aliphatic carbocycles. The molecule has 5 rings (SSSR count). The predicted molar refractivity (Wildman–Crippen MR) is 175 cm³/mol. The van der Waals surface area contributed by atoms with Crippen molar-refractivity contribution >= 4 is 47.5 Å². The molecule has 0 spiro atoms. The Morgan fingerprint density at radius 1 is 0.707 bits per heavy atom. The van der Waals surface area contributed by atoms with Gasteiger partial charge in [-0.3, -0.25) is 4.79 Å². The SMILES string of the molecule is Cl.N.N.N.N.O=C(Nc1ccc(Nc2nc(N3CCCCC3)nc(N3CCCCC3)n2)cc1)c1cccc(O)c1O.[HH].[HH].[HH].[HH].